The van der Waals surface area contributed by atoms with E-state index in [2.05, 4.69) is 6.07 Å². The summed E-state index contributed by atoms with van der Waals surface area (Å²) in [5, 5.41) is 18.6. The van der Waals surface area contributed by atoms with E-state index in [9.17, 15) is 13.5 Å². The van der Waals surface area contributed by atoms with Crippen LogP contribution in [0, 0.1) is 11.3 Å². The molecule has 1 atom stereocenters. The highest BCUT2D eigenvalue weighted by atomic mass is 32.2. The quantitative estimate of drug-likeness (QED) is 0.449. The predicted molar refractivity (Wildman–Crippen MR) is 98.1 cm³/mol. The van der Waals surface area contributed by atoms with E-state index in [1.807, 2.05) is 11.8 Å². The van der Waals surface area contributed by atoms with Crippen LogP contribution in [-0.4, -0.2) is 55.9 Å². The monoisotopic (exact) mass is 368 g/mol. The van der Waals surface area contributed by atoms with Crippen LogP contribution in [0.4, 0.5) is 0 Å². The van der Waals surface area contributed by atoms with Gasteiger partial charge in [-0.2, -0.15) is 5.26 Å². The Labute approximate surface area is 150 Å². The maximum absolute atomic E-state index is 11.7. The number of nitrogens with zero attached hydrogens (tertiary/aromatic N) is 2. The predicted octanol–water partition coefficient (Wildman–Crippen LogP) is 2.18. The lowest BCUT2D eigenvalue weighted by Crippen LogP contribution is -2.36. The molecule has 0 radical (unpaired) electrons. The number of nitriles is 1. The van der Waals surface area contributed by atoms with Crippen molar-refractivity contribution in [3.8, 4) is 11.8 Å². The molecule has 1 N–H and O–H groups in total. The second kappa shape index (κ2) is 11.1. The Kier molecular flexibility index (Phi) is 9.50. The molecule has 0 spiro atoms. The first kappa shape index (κ1) is 21.4. The molecule has 0 bridgehead atoms. The number of rotatable bonds is 12. The van der Waals surface area contributed by atoms with Gasteiger partial charge in [0.1, 0.15) is 21.8 Å². The summed E-state index contributed by atoms with van der Waals surface area (Å²) in [5.41, 5.74) is 0.589. The Balaban J connectivity index is 2.31. The van der Waals surface area contributed by atoms with Gasteiger partial charge in [0.15, 0.2) is 0 Å². The standard InChI is InChI=1S/C18H28N2O4S/c1-3-13-25(22,23)14-5-11-20(16(2)21)10-4-12-24-18-8-6-17(15-19)7-9-18/h6-9,16,21H,3-5,10-14H2,1-2H3. The average Bonchev–Trinajstić information content (AvgIpc) is 2.57. The lowest BCUT2D eigenvalue weighted by molar-refractivity contribution is 0.0159. The molecule has 1 aromatic carbocycles. The van der Waals surface area contributed by atoms with Gasteiger partial charge in [0.25, 0.3) is 0 Å². The van der Waals surface area contributed by atoms with Gasteiger partial charge in [0, 0.05) is 18.8 Å². The van der Waals surface area contributed by atoms with Gasteiger partial charge in [-0.3, -0.25) is 4.90 Å². The molecule has 0 amide bonds. The second-order valence-electron chi connectivity index (χ2n) is 6.01. The Morgan fingerprint density at radius 3 is 2.40 bits per heavy atom. The Bertz CT molecular complexity index is 636. The van der Waals surface area contributed by atoms with E-state index in [-0.39, 0.29) is 11.5 Å². The molecular formula is C18H28N2O4S. The van der Waals surface area contributed by atoms with Gasteiger partial charge in [-0.1, -0.05) is 6.92 Å². The number of aliphatic hydroxyl groups is 1. The zero-order chi connectivity index (χ0) is 18.7. The van der Waals surface area contributed by atoms with Gasteiger partial charge in [-0.15, -0.1) is 0 Å². The van der Waals surface area contributed by atoms with Gasteiger partial charge in [-0.05, 0) is 50.5 Å². The Morgan fingerprint density at radius 1 is 1.20 bits per heavy atom. The molecule has 6 nitrogen and oxygen atoms in total. The zero-order valence-electron chi connectivity index (χ0n) is 15.0. The van der Waals surface area contributed by atoms with E-state index in [0.29, 0.717) is 50.3 Å². The number of ether oxygens (including phenoxy) is 1. The number of hydrogen-bond acceptors (Lipinski definition) is 6. The molecule has 0 aromatic heterocycles. The van der Waals surface area contributed by atoms with Crippen molar-refractivity contribution in [3.05, 3.63) is 29.8 Å². The van der Waals surface area contributed by atoms with Crippen molar-refractivity contribution >= 4 is 9.84 Å². The molecule has 25 heavy (non-hydrogen) atoms. The fourth-order valence-electron chi connectivity index (χ4n) is 2.47. The van der Waals surface area contributed by atoms with Crippen LogP contribution < -0.4 is 4.74 Å². The molecular weight excluding hydrogens is 340 g/mol. The van der Waals surface area contributed by atoms with Crippen molar-refractivity contribution in [2.24, 2.45) is 0 Å². The Hall–Kier alpha value is -1.62. The van der Waals surface area contributed by atoms with Gasteiger partial charge in [0.2, 0.25) is 0 Å². The third-order valence-corrected chi connectivity index (χ3v) is 5.73. The average molecular weight is 368 g/mol. The van der Waals surface area contributed by atoms with Crippen LogP contribution in [0.15, 0.2) is 24.3 Å². The van der Waals surface area contributed by atoms with Crippen LogP contribution in [0.1, 0.15) is 38.7 Å². The highest BCUT2D eigenvalue weighted by molar-refractivity contribution is 7.91. The third-order valence-electron chi connectivity index (χ3n) is 3.79. The molecule has 0 aliphatic carbocycles. The van der Waals surface area contributed by atoms with E-state index >= 15 is 0 Å². The lowest BCUT2D eigenvalue weighted by Gasteiger charge is -2.25. The summed E-state index contributed by atoms with van der Waals surface area (Å²) < 4.78 is 29.1. The first-order chi connectivity index (χ1) is 11.9. The summed E-state index contributed by atoms with van der Waals surface area (Å²) in [6.07, 6.45) is 1.25. The molecule has 7 heteroatoms. The van der Waals surface area contributed by atoms with Crippen molar-refractivity contribution in [2.45, 2.75) is 39.3 Å². The first-order valence-electron chi connectivity index (χ1n) is 8.63. The topological polar surface area (TPSA) is 90.6 Å². The Morgan fingerprint density at radius 2 is 1.84 bits per heavy atom. The van der Waals surface area contributed by atoms with E-state index in [1.54, 1.807) is 31.2 Å². The molecule has 0 saturated heterocycles. The van der Waals surface area contributed by atoms with Gasteiger partial charge in [-0.25, -0.2) is 8.42 Å². The minimum absolute atomic E-state index is 0.159. The molecule has 0 saturated carbocycles. The fourth-order valence-corrected chi connectivity index (χ4v) is 3.86. The molecule has 1 unspecified atom stereocenters. The highest BCUT2D eigenvalue weighted by Gasteiger charge is 2.14. The van der Waals surface area contributed by atoms with Crippen molar-refractivity contribution in [1.29, 1.82) is 5.26 Å². The van der Waals surface area contributed by atoms with Gasteiger partial charge < -0.3 is 9.84 Å². The molecule has 0 aliphatic heterocycles. The summed E-state index contributed by atoms with van der Waals surface area (Å²) in [6.45, 7) is 5.19. The number of aliphatic hydroxyl groups excluding tert-OH is 1. The highest BCUT2D eigenvalue weighted by Crippen LogP contribution is 2.12. The molecule has 0 aliphatic rings. The van der Waals surface area contributed by atoms with E-state index in [1.165, 1.54) is 0 Å². The largest absolute Gasteiger partial charge is 0.494 e. The van der Waals surface area contributed by atoms with E-state index in [0.717, 1.165) is 0 Å². The van der Waals surface area contributed by atoms with Gasteiger partial charge in [0.05, 0.1) is 24.0 Å². The third kappa shape index (κ3) is 8.87. The van der Waals surface area contributed by atoms with Crippen molar-refractivity contribution in [1.82, 2.24) is 4.90 Å². The van der Waals surface area contributed by atoms with Crippen LogP contribution in [0.25, 0.3) is 0 Å². The molecule has 1 rings (SSSR count). The normalized spacial score (nSPS) is 12.8. The summed E-state index contributed by atoms with van der Waals surface area (Å²) in [4.78, 5) is 1.85. The van der Waals surface area contributed by atoms with Crippen LogP contribution in [0.5, 0.6) is 5.75 Å². The van der Waals surface area contributed by atoms with Crippen LogP contribution >= 0.6 is 0 Å². The van der Waals surface area contributed by atoms with Crippen LogP contribution in [-0.2, 0) is 9.84 Å². The summed E-state index contributed by atoms with van der Waals surface area (Å²) in [5.74, 6) is 1.08. The fraction of sp³-hybridized carbons (Fsp3) is 0.611. The number of sulfone groups is 1. The summed E-state index contributed by atoms with van der Waals surface area (Å²) in [6, 6.07) is 8.97. The second-order valence-corrected chi connectivity index (χ2v) is 8.32. The lowest BCUT2D eigenvalue weighted by atomic mass is 10.2. The van der Waals surface area contributed by atoms with Crippen LogP contribution in [0.3, 0.4) is 0 Å². The van der Waals surface area contributed by atoms with Crippen molar-refractivity contribution in [3.63, 3.8) is 0 Å². The summed E-state index contributed by atoms with van der Waals surface area (Å²) in [7, 11) is -2.98. The SMILES string of the molecule is CCCS(=O)(=O)CCCN(CCCOc1ccc(C#N)cc1)C(C)O. The van der Waals surface area contributed by atoms with Crippen molar-refractivity contribution < 1.29 is 18.3 Å². The van der Waals surface area contributed by atoms with Crippen LogP contribution in [0.2, 0.25) is 0 Å². The van der Waals surface area contributed by atoms with E-state index < -0.39 is 16.1 Å². The summed E-state index contributed by atoms with van der Waals surface area (Å²) >= 11 is 0. The van der Waals surface area contributed by atoms with E-state index in [4.69, 9.17) is 10.00 Å². The van der Waals surface area contributed by atoms with Gasteiger partial charge >= 0.3 is 0 Å². The number of hydrogen-bond donors (Lipinski definition) is 1. The first-order valence-corrected chi connectivity index (χ1v) is 10.5. The smallest absolute Gasteiger partial charge is 0.150 e. The molecule has 0 fully saturated rings. The minimum Gasteiger partial charge on any atom is -0.494 e. The molecule has 1 aromatic rings. The number of benzene rings is 1. The zero-order valence-corrected chi connectivity index (χ0v) is 15.8. The maximum Gasteiger partial charge on any atom is 0.150 e. The molecule has 140 valence electrons. The minimum atomic E-state index is -2.98. The van der Waals surface area contributed by atoms with Crippen molar-refractivity contribution in [2.75, 3.05) is 31.2 Å². The maximum atomic E-state index is 11.7. The molecule has 0 heterocycles.